The molecule has 20 heavy (non-hydrogen) atoms. The van der Waals surface area contributed by atoms with E-state index in [0.717, 1.165) is 62.5 Å². The number of anilines is 1. The largest absolute Gasteiger partial charge is 0.490 e. The minimum Gasteiger partial charge on any atom is -0.490 e. The van der Waals surface area contributed by atoms with Crippen molar-refractivity contribution in [1.29, 1.82) is 0 Å². The molecule has 0 bridgehead atoms. The molecule has 4 heteroatoms. The van der Waals surface area contributed by atoms with Crippen LogP contribution in [-0.2, 0) is 9.47 Å². The average Bonchev–Trinajstić information content (AvgIpc) is 2.44. The third kappa shape index (κ3) is 2.91. The molecule has 2 aliphatic heterocycles. The zero-order valence-electron chi connectivity index (χ0n) is 12.1. The van der Waals surface area contributed by atoms with Crippen molar-refractivity contribution in [3.05, 3.63) is 23.8 Å². The summed E-state index contributed by atoms with van der Waals surface area (Å²) in [5.41, 5.74) is 7.70. The SMILES string of the molecule is Cc1cc(OC2CCOC3(CCOCC3)C2)ccc1N. The van der Waals surface area contributed by atoms with Crippen LogP contribution in [0.1, 0.15) is 31.2 Å². The molecular weight excluding hydrogens is 254 g/mol. The van der Waals surface area contributed by atoms with Gasteiger partial charge in [0.15, 0.2) is 0 Å². The summed E-state index contributed by atoms with van der Waals surface area (Å²) < 4.78 is 17.6. The Morgan fingerprint density at radius 2 is 2.05 bits per heavy atom. The van der Waals surface area contributed by atoms with Gasteiger partial charge in [-0.25, -0.2) is 0 Å². The van der Waals surface area contributed by atoms with E-state index in [2.05, 4.69) is 0 Å². The summed E-state index contributed by atoms with van der Waals surface area (Å²) in [5, 5.41) is 0. The summed E-state index contributed by atoms with van der Waals surface area (Å²) in [5.74, 6) is 0.908. The standard InChI is InChI=1S/C16H23NO3/c1-12-10-13(2-3-15(12)17)20-14-4-7-19-16(11-14)5-8-18-9-6-16/h2-3,10,14H,4-9,11,17H2,1H3. The summed E-state index contributed by atoms with van der Waals surface area (Å²) in [4.78, 5) is 0. The number of rotatable bonds is 2. The Morgan fingerprint density at radius 3 is 2.80 bits per heavy atom. The molecule has 2 fully saturated rings. The van der Waals surface area contributed by atoms with Gasteiger partial charge in [0.05, 0.1) is 12.2 Å². The molecule has 2 heterocycles. The van der Waals surface area contributed by atoms with Gasteiger partial charge in [-0.1, -0.05) is 0 Å². The fraction of sp³-hybridized carbons (Fsp3) is 0.625. The van der Waals surface area contributed by atoms with E-state index in [1.54, 1.807) is 0 Å². The first-order valence-corrected chi connectivity index (χ1v) is 7.41. The maximum absolute atomic E-state index is 6.14. The Hall–Kier alpha value is -1.26. The Balaban J connectivity index is 1.66. The summed E-state index contributed by atoms with van der Waals surface area (Å²) in [6.07, 6.45) is 4.09. The van der Waals surface area contributed by atoms with Gasteiger partial charge >= 0.3 is 0 Å². The Morgan fingerprint density at radius 1 is 1.25 bits per heavy atom. The number of aryl methyl sites for hydroxylation is 1. The molecule has 1 spiro atoms. The van der Waals surface area contributed by atoms with Gasteiger partial charge < -0.3 is 19.9 Å². The highest BCUT2D eigenvalue weighted by Crippen LogP contribution is 2.36. The van der Waals surface area contributed by atoms with Crippen LogP contribution >= 0.6 is 0 Å². The van der Waals surface area contributed by atoms with E-state index in [4.69, 9.17) is 19.9 Å². The molecule has 3 rings (SSSR count). The van der Waals surface area contributed by atoms with Crippen molar-refractivity contribution < 1.29 is 14.2 Å². The van der Waals surface area contributed by atoms with Crippen molar-refractivity contribution in [3.8, 4) is 5.75 Å². The van der Waals surface area contributed by atoms with Gasteiger partial charge in [-0.2, -0.15) is 0 Å². The molecule has 2 saturated heterocycles. The highest BCUT2D eigenvalue weighted by atomic mass is 16.5. The van der Waals surface area contributed by atoms with Crippen LogP contribution in [0.5, 0.6) is 5.75 Å². The molecule has 0 saturated carbocycles. The van der Waals surface area contributed by atoms with Crippen LogP contribution in [0.3, 0.4) is 0 Å². The topological polar surface area (TPSA) is 53.7 Å². The fourth-order valence-electron chi connectivity index (χ4n) is 3.09. The number of benzene rings is 1. The molecule has 0 radical (unpaired) electrons. The second kappa shape index (κ2) is 5.62. The van der Waals surface area contributed by atoms with E-state index in [1.165, 1.54) is 0 Å². The van der Waals surface area contributed by atoms with Crippen molar-refractivity contribution in [1.82, 2.24) is 0 Å². The number of nitrogen functional groups attached to an aromatic ring is 1. The van der Waals surface area contributed by atoms with E-state index < -0.39 is 0 Å². The molecule has 1 unspecified atom stereocenters. The van der Waals surface area contributed by atoms with Crippen LogP contribution < -0.4 is 10.5 Å². The predicted molar refractivity (Wildman–Crippen MR) is 78.0 cm³/mol. The van der Waals surface area contributed by atoms with Crippen LogP contribution in [0.4, 0.5) is 5.69 Å². The number of ether oxygens (including phenoxy) is 3. The quantitative estimate of drug-likeness (QED) is 0.844. The lowest BCUT2D eigenvalue weighted by atomic mass is 9.85. The second-order valence-electron chi connectivity index (χ2n) is 5.89. The minimum atomic E-state index is -0.0238. The summed E-state index contributed by atoms with van der Waals surface area (Å²) in [6.45, 7) is 4.38. The molecule has 4 nitrogen and oxygen atoms in total. The van der Waals surface area contributed by atoms with E-state index in [9.17, 15) is 0 Å². The monoisotopic (exact) mass is 277 g/mol. The first-order chi connectivity index (χ1) is 9.67. The summed E-state index contributed by atoms with van der Waals surface area (Å²) in [7, 11) is 0. The van der Waals surface area contributed by atoms with Crippen LogP contribution in [0.15, 0.2) is 18.2 Å². The fourth-order valence-corrected chi connectivity index (χ4v) is 3.09. The third-order valence-electron chi connectivity index (χ3n) is 4.40. The van der Waals surface area contributed by atoms with Crippen molar-refractivity contribution in [3.63, 3.8) is 0 Å². The number of hydrogen-bond donors (Lipinski definition) is 1. The maximum Gasteiger partial charge on any atom is 0.120 e. The Bertz CT molecular complexity index is 463. The van der Waals surface area contributed by atoms with E-state index in [1.807, 2.05) is 25.1 Å². The van der Waals surface area contributed by atoms with Crippen LogP contribution in [0, 0.1) is 6.92 Å². The molecule has 1 aromatic carbocycles. The third-order valence-corrected chi connectivity index (χ3v) is 4.40. The molecular formula is C16H23NO3. The van der Waals surface area contributed by atoms with Gasteiger partial charge in [0, 0.05) is 31.7 Å². The number of nitrogens with two attached hydrogens (primary N) is 1. The van der Waals surface area contributed by atoms with E-state index >= 15 is 0 Å². The molecule has 110 valence electrons. The smallest absolute Gasteiger partial charge is 0.120 e. The molecule has 1 aromatic rings. The lowest BCUT2D eigenvalue weighted by Crippen LogP contribution is -2.47. The van der Waals surface area contributed by atoms with Crippen molar-refractivity contribution in [2.45, 2.75) is 44.3 Å². The molecule has 1 atom stereocenters. The Labute approximate surface area is 120 Å². The average molecular weight is 277 g/mol. The van der Waals surface area contributed by atoms with Crippen molar-refractivity contribution in [2.75, 3.05) is 25.6 Å². The predicted octanol–water partition coefficient (Wildman–Crippen LogP) is 2.68. The van der Waals surface area contributed by atoms with Gasteiger partial charge in [0.2, 0.25) is 0 Å². The van der Waals surface area contributed by atoms with Crippen LogP contribution in [0.25, 0.3) is 0 Å². The van der Waals surface area contributed by atoms with Crippen LogP contribution in [-0.4, -0.2) is 31.5 Å². The molecule has 0 aromatic heterocycles. The highest BCUT2D eigenvalue weighted by molar-refractivity contribution is 5.49. The van der Waals surface area contributed by atoms with Gasteiger partial charge in [0.1, 0.15) is 11.9 Å². The molecule has 0 aliphatic carbocycles. The van der Waals surface area contributed by atoms with Gasteiger partial charge in [-0.05, 0) is 43.5 Å². The molecule has 2 aliphatic rings. The lowest BCUT2D eigenvalue weighted by molar-refractivity contribution is -0.155. The second-order valence-corrected chi connectivity index (χ2v) is 5.89. The Kier molecular flexibility index (Phi) is 3.85. The van der Waals surface area contributed by atoms with Gasteiger partial charge in [0.25, 0.3) is 0 Å². The summed E-state index contributed by atoms with van der Waals surface area (Å²) >= 11 is 0. The minimum absolute atomic E-state index is 0.0238. The normalized spacial score (nSPS) is 25.6. The van der Waals surface area contributed by atoms with Gasteiger partial charge in [-0.15, -0.1) is 0 Å². The van der Waals surface area contributed by atoms with Crippen LogP contribution in [0.2, 0.25) is 0 Å². The first kappa shape index (κ1) is 13.7. The summed E-state index contributed by atoms with van der Waals surface area (Å²) in [6, 6.07) is 5.88. The first-order valence-electron chi connectivity index (χ1n) is 7.41. The lowest BCUT2D eigenvalue weighted by Gasteiger charge is -2.43. The number of hydrogen-bond acceptors (Lipinski definition) is 4. The van der Waals surface area contributed by atoms with E-state index in [-0.39, 0.29) is 11.7 Å². The molecule has 2 N–H and O–H groups in total. The van der Waals surface area contributed by atoms with E-state index in [0.29, 0.717) is 0 Å². The zero-order valence-corrected chi connectivity index (χ0v) is 12.1. The zero-order chi connectivity index (χ0) is 14.0. The van der Waals surface area contributed by atoms with Crippen molar-refractivity contribution >= 4 is 5.69 Å². The molecule has 0 amide bonds. The van der Waals surface area contributed by atoms with Gasteiger partial charge in [-0.3, -0.25) is 0 Å². The maximum atomic E-state index is 6.14. The van der Waals surface area contributed by atoms with Crippen molar-refractivity contribution in [2.24, 2.45) is 0 Å². The highest BCUT2D eigenvalue weighted by Gasteiger charge is 2.39.